The molecule has 0 aromatic heterocycles. The number of benzene rings is 2. The maximum absolute atomic E-state index is 11.8. The summed E-state index contributed by atoms with van der Waals surface area (Å²) >= 11 is 0. The van der Waals surface area contributed by atoms with Crippen LogP contribution in [-0.4, -0.2) is 18.7 Å². The third-order valence-electron chi connectivity index (χ3n) is 2.79. The van der Waals surface area contributed by atoms with Crippen molar-refractivity contribution in [2.24, 2.45) is 0 Å². The van der Waals surface area contributed by atoms with Crippen molar-refractivity contribution in [2.75, 3.05) is 12.1 Å². The minimum atomic E-state index is -0.510. The molecule has 0 heterocycles. The first-order valence-corrected chi connectivity index (χ1v) is 6.58. The zero-order valence-electron chi connectivity index (χ0n) is 12.3. The quantitative estimate of drug-likeness (QED) is 0.847. The van der Waals surface area contributed by atoms with E-state index in [-0.39, 0.29) is 0 Å². The summed E-state index contributed by atoms with van der Waals surface area (Å²) in [6.45, 7) is 5.51. The summed E-state index contributed by atoms with van der Waals surface area (Å²) in [5, 5.41) is 3.88. The Kier molecular flexibility index (Phi) is 3.84. The Morgan fingerprint density at radius 1 is 1.10 bits per heavy atom. The van der Waals surface area contributed by atoms with Gasteiger partial charge in [0, 0.05) is 12.4 Å². The van der Waals surface area contributed by atoms with Crippen LogP contribution < -0.4 is 10.4 Å². The van der Waals surface area contributed by atoms with Crippen LogP contribution >= 0.6 is 0 Å². The molecule has 2 aromatic carbocycles. The van der Waals surface area contributed by atoms with E-state index in [1.807, 2.05) is 63.2 Å². The molecule has 0 aliphatic rings. The van der Waals surface area contributed by atoms with Gasteiger partial charge in [-0.25, -0.2) is 10.2 Å². The largest absolute Gasteiger partial charge is 0.443 e. The van der Waals surface area contributed by atoms with Gasteiger partial charge >= 0.3 is 6.09 Å². The van der Waals surface area contributed by atoms with Gasteiger partial charge < -0.3 is 4.74 Å². The SMILES string of the molecule is CN(NC(=O)OC(C)(C)C)c1cccc2ccccc12. The van der Waals surface area contributed by atoms with E-state index in [0.29, 0.717) is 0 Å². The third-order valence-corrected chi connectivity index (χ3v) is 2.79. The van der Waals surface area contributed by atoms with Crippen molar-refractivity contribution in [2.45, 2.75) is 26.4 Å². The summed E-state index contributed by atoms with van der Waals surface area (Å²) in [6, 6.07) is 14.0. The Hall–Kier alpha value is -2.23. The second kappa shape index (κ2) is 5.41. The summed E-state index contributed by atoms with van der Waals surface area (Å²) in [6.07, 6.45) is -0.465. The molecule has 0 radical (unpaired) electrons. The Labute approximate surface area is 119 Å². The summed E-state index contributed by atoms with van der Waals surface area (Å²) in [7, 11) is 1.80. The lowest BCUT2D eigenvalue weighted by Crippen LogP contribution is -2.42. The van der Waals surface area contributed by atoms with E-state index in [4.69, 9.17) is 4.74 Å². The van der Waals surface area contributed by atoms with Crippen molar-refractivity contribution in [1.29, 1.82) is 0 Å². The van der Waals surface area contributed by atoms with E-state index in [2.05, 4.69) is 5.43 Å². The molecule has 0 saturated carbocycles. The Bertz CT molecular complexity index is 612. The first-order chi connectivity index (χ1) is 9.37. The highest BCUT2D eigenvalue weighted by Gasteiger charge is 2.17. The molecule has 0 spiro atoms. The molecule has 0 unspecified atom stereocenters. The average Bonchev–Trinajstić information content (AvgIpc) is 2.35. The highest BCUT2D eigenvalue weighted by Crippen LogP contribution is 2.24. The molecule has 106 valence electrons. The van der Waals surface area contributed by atoms with E-state index >= 15 is 0 Å². The van der Waals surface area contributed by atoms with E-state index in [9.17, 15) is 4.79 Å². The fourth-order valence-electron chi connectivity index (χ4n) is 2.00. The van der Waals surface area contributed by atoms with Crippen molar-refractivity contribution in [3.8, 4) is 0 Å². The number of nitrogens with zero attached hydrogens (tertiary/aromatic N) is 1. The van der Waals surface area contributed by atoms with Gasteiger partial charge in [-0.05, 0) is 32.2 Å². The van der Waals surface area contributed by atoms with Crippen LogP contribution in [0.25, 0.3) is 10.8 Å². The molecular weight excluding hydrogens is 252 g/mol. The number of hydrogen-bond donors (Lipinski definition) is 1. The highest BCUT2D eigenvalue weighted by atomic mass is 16.6. The minimum absolute atomic E-state index is 0.465. The fraction of sp³-hybridized carbons (Fsp3) is 0.312. The van der Waals surface area contributed by atoms with Crippen molar-refractivity contribution in [3.05, 3.63) is 42.5 Å². The molecule has 0 atom stereocenters. The number of fused-ring (bicyclic) bond motifs is 1. The Morgan fingerprint density at radius 2 is 1.75 bits per heavy atom. The number of carbonyl (C=O) groups excluding carboxylic acids is 1. The van der Waals surface area contributed by atoms with Gasteiger partial charge in [0.1, 0.15) is 5.60 Å². The summed E-state index contributed by atoms with van der Waals surface area (Å²) in [5.41, 5.74) is 3.13. The average molecular weight is 272 g/mol. The smallest absolute Gasteiger partial charge is 0.426 e. The molecule has 2 aromatic rings. The van der Waals surface area contributed by atoms with Crippen LogP contribution in [0.5, 0.6) is 0 Å². The number of anilines is 1. The van der Waals surface area contributed by atoms with Crippen LogP contribution in [0.15, 0.2) is 42.5 Å². The number of carbonyl (C=O) groups is 1. The lowest BCUT2D eigenvalue weighted by atomic mass is 10.1. The second-order valence-electron chi connectivity index (χ2n) is 5.67. The maximum Gasteiger partial charge on any atom is 0.426 e. The van der Waals surface area contributed by atoms with Gasteiger partial charge in [0.05, 0.1) is 5.69 Å². The second-order valence-corrected chi connectivity index (χ2v) is 5.67. The zero-order chi connectivity index (χ0) is 14.8. The van der Waals surface area contributed by atoms with Crippen LogP contribution in [-0.2, 0) is 4.74 Å². The lowest BCUT2D eigenvalue weighted by molar-refractivity contribution is 0.0525. The van der Waals surface area contributed by atoms with Crippen molar-refractivity contribution in [1.82, 2.24) is 5.43 Å². The fourth-order valence-corrected chi connectivity index (χ4v) is 2.00. The van der Waals surface area contributed by atoms with Gasteiger partial charge in [0.15, 0.2) is 0 Å². The summed E-state index contributed by atoms with van der Waals surface area (Å²) < 4.78 is 5.25. The molecule has 1 N–H and O–H groups in total. The molecule has 4 heteroatoms. The van der Waals surface area contributed by atoms with Gasteiger partial charge in [0.25, 0.3) is 0 Å². The number of hydrazine groups is 1. The molecule has 0 aliphatic carbocycles. The van der Waals surface area contributed by atoms with Crippen LogP contribution in [0.1, 0.15) is 20.8 Å². The highest BCUT2D eigenvalue weighted by molar-refractivity contribution is 5.94. The van der Waals surface area contributed by atoms with Crippen molar-refractivity contribution < 1.29 is 9.53 Å². The Morgan fingerprint density at radius 3 is 2.45 bits per heavy atom. The van der Waals surface area contributed by atoms with Gasteiger partial charge in [-0.2, -0.15) is 0 Å². The number of nitrogens with one attached hydrogen (secondary N) is 1. The van der Waals surface area contributed by atoms with Crippen LogP contribution in [0.2, 0.25) is 0 Å². The van der Waals surface area contributed by atoms with E-state index < -0.39 is 11.7 Å². The first-order valence-electron chi connectivity index (χ1n) is 6.58. The molecule has 1 amide bonds. The van der Waals surface area contributed by atoms with Crippen LogP contribution in [0.4, 0.5) is 10.5 Å². The monoisotopic (exact) mass is 272 g/mol. The molecule has 20 heavy (non-hydrogen) atoms. The zero-order valence-corrected chi connectivity index (χ0v) is 12.3. The predicted octanol–water partition coefficient (Wildman–Crippen LogP) is 3.72. The van der Waals surface area contributed by atoms with Gasteiger partial charge in [-0.1, -0.05) is 36.4 Å². The molecule has 4 nitrogen and oxygen atoms in total. The van der Waals surface area contributed by atoms with Gasteiger partial charge in [0.2, 0.25) is 0 Å². The maximum atomic E-state index is 11.8. The molecular formula is C16H20N2O2. The molecule has 0 bridgehead atoms. The minimum Gasteiger partial charge on any atom is -0.443 e. The predicted molar refractivity (Wildman–Crippen MR) is 81.7 cm³/mol. The van der Waals surface area contributed by atoms with Crippen molar-refractivity contribution in [3.63, 3.8) is 0 Å². The number of rotatable bonds is 2. The topological polar surface area (TPSA) is 41.6 Å². The number of amides is 1. The molecule has 0 aliphatic heterocycles. The third kappa shape index (κ3) is 3.41. The van der Waals surface area contributed by atoms with E-state index in [1.54, 1.807) is 12.1 Å². The Balaban J connectivity index is 2.20. The van der Waals surface area contributed by atoms with Crippen molar-refractivity contribution >= 4 is 22.6 Å². The molecule has 2 rings (SSSR count). The van der Waals surface area contributed by atoms with E-state index in [1.165, 1.54) is 0 Å². The van der Waals surface area contributed by atoms with Gasteiger partial charge in [-0.15, -0.1) is 0 Å². The van der Waals surface area contributed by atoms with Crippen LogP contribution in [0.3, 0.4) is 0 Å². The van der Waals surface area contributed by atoms with Gasteiger partial charge in [-0.3, -0.25) is 5.01 Å². The number of ether oxygens (including phenoxy) is 1. The normalized spacial score (nSPS) is 11.2. The van der Waals surface area contributed by atoms with E-state index in [0.717, 1.165) is 16.5 Å². The standard InChI is InChI=1S/C16H20N2O2/c1-16(2,3)20-15(19)17-18(4)14-11-7-9-12-8-5-6-10-13(12)14/h5-11H,1-4H3,(H,17,19). The number of hydrogen-bond acceptors (Lipinski definition) is 3. The lowest BCUT2D eigenvalue weighted by Gasteiger charge is -2.25. The molecule has 0 saturated heterocycles. The first kappa shape index (κ1) is 14.2. The summed E-state index contributed by atoms with van der Waals surface area (Å²) in [4.78, 5) is 11.8. The summed E-state index contributed by atoms with van der Waals surface area (Å²) in [5.74, 6) is 0. The van der Waals surface area contributed by atoms with Crippen LogP contribution in [0, 0.1) is 0 Å². The molecule has 0 fully saturated rings.